The third-order valence-electron chi connectivity index (χ3n) is 4.59. The van der Waals surface area contributed by atoms with Crippen molar-refractivity contribution >= 4 is 11.6 Å². The molecule has 0 spiro atoms. The van der Waals surface area contributed by atoms with Crippen molar-refractivity contribution in [1.29, 1.82) is 0 Å². The number of nitrogens with zero attached hydrogens (tertiary/aromatic N) is 2. The highest BCUT2D eigenvalue weighted by Gasteiger charge is 2.40. The number of likely N-dealkylation sites (tertiary alicyclic amines) is 1. The summed E-state index contributed by atoms with van der Waals surface area (Å²) in [5.74, 6) is 0.399. The Bertz CT molecular complexity index is 569. The lowest BCUT2D eigenvalue weighted by Gasteiger charge is -2.32. The molecule has 22 heavy (non-hydrogen) atoms. The summed E-state index contributed by atoms with van der Waals surface area (Å²) in [7, 11) is 0. The molecular weight excluding hydrogens is 282 g/mol. The van der Waals surface area contributed by atoms with Crippen LogP contribution in [0.3, 0.4) is 0 Å². The lowest BCUT2D eigenvalue weighted by atomic mass is 9.83. The summed E-state index contributed by atoms with van der Waals surface area (Å²) in [6, 6.07) is 6.40. The van der Waals surface area contributed by atoms with Gasteiger partial charge in [-0.05, 0) is 45.2 Å². The van der Waals surface area contributed by atoms with E-state index in [9.17, 15) is 14.9 Å². The van der Waals surface area contributed by atoms with Gasteiger partial charge in [-0.25, -0.2) is 0 Å². The molecular formula is C16H23N3O3. The number of nitro benzene ring substituents is 1. The van der Waals surface area contributed by atoms with E-state index in [0.717, 1.165) is 12.0 Å². The number of rotatable bonds is 4. The van der Waals surface area contributed by atoms with E-state index in [1.807, 2.05) is 25.7 Å². The second kappa shape index (κ2) is 6.04. The zero-order valence-corrected chi connectivity index (χ0v) is 13.3. The first-order valence-corrected chi connectivity index (χ1v) is 7.53. The van der Waals surface area contributed by atoms with E-state index < -0.39 is 10.3 Å². The smallest absolute Gasteiger partial charge is 0.269 e. The lowest BCUT2D eigenvalue weighted by Crippen LogP contribution is -2.45. The summed E-state index contributed by atoms with van der Waals surface area (Å²) in [5.41, 5.74) is 5.82. The molecule has 1 amide bonds. The van der Waals surface area contributed by atoms with Crippen LogP contribution >= 0.6 is 0 Å². The number of nitrogens with two attached hydrogens (primary N) is 1. The third-order valence-corrected chi connectivity index (χ3v) is 4.59. The van der Waals surface area contributed by atoms with Crippen LogP contribution in [0.4, 0.5) is 5.69 Å². The van der Waals surface area contributed by atoms with Crippen molar-refractivity contribution in [2.45, 2.75) is 38.6 Å². The highest BCUT2D eigenvalue weighted by Crippen LogP contribution is 2.32. The van der Waals surface area contributed by atoms with Gasteiger partial charge in [0, 0.05) is 24.7 Å². The van der Waals surface area contributed by atoms with Gasteiger partial charge in [-0.15, -0.1) is 0 Å². The van der Waals surface area contributed by atoms with Crippen LogP contribution in [0.2, 0.25) is 0 Å². The molecule has 1 heterocycles. The maximum Gasteiger partial charge on any atom is 0.269 e. The second-order valence-electron chi connectivity index (χ2n) is 6.57. The van der Waals surface area contributed by atoms with Gasteiger partial charge in [0.25, 0.3) is 5.69 Å². The minimum Gasteiger partial charge on any atom is -0.339 e. The first-order valence-electron chi connectivity index (χ1n) is 7.53. The number of non-ortho nitro benzene ring substituents is 1. The van der Waals surface area contributed by atoms with E-state index in [-0.39, 0.29) is 17.6 Å². The van der Waals surface area contributed by atoms with Crippen LogP contribution < -0.4 is 5.73 Å². The van der Waals surface area contributed by atoms with Gasteiger partial charge in [-0.2, -0.15) is 0 Å². The molecule has 1 saturated heterocycles. The van der Waals surface area contributed by atoms with Crippen LogP contribution in [-0.2, 0) is 10.2 Å². The summed E-state index contributed by atoms with van der Waals surface area (Å²) in [6.07, 6.45) is 0.929. The standard InChI is InChI=1S/C16H23N3O3/c1-11-8-12(9-17)10-18(11)15(20)16(2,3)13-4-6-14(7-5-13)19(21)22/h4-7,11-12H,8-10,17H2,1-3H3. The first kappa shape index (κ1) is 16.4. The predicted octanol–water partition coefficient (Wildman–Crippen LogP) is 2.07. The number of hydrogen-bond acceptors (Lipinski definition) is 4. The molecule has 6 heteroatoms. The van der Waals surface area contributed by atoms with Gasteiger partial charge in [0.05, 0.1) is 10.3 Å². The van der Waals surface area contributed by atoms with Gasteiger partial charge in [0.15, 0.2) is 0 Å². The fraction of sp³-hybridized carbons (Fsp3) is 0.562. The summed E-state index contributed by atoms with van der Waals surface area (Å²) in [5, 5.41) is 10.7. The average Bonchev–Trinajstić information content (AvgIpc) is 2.87. The van der Waals surface area contributed by atoms with Crippen molar-refractivity contribution in [2.75, 3.05) is 13.1 Å². The number of carbonyl (C=O) groups excluding carboxylic acids is 1. The van der Waals surface area contributed by atoms with E-state index in [4.69, 9.17) is 5.73 Å². The quantitative estimate of drug-likeness (QED) is 0.681. The van der Waals surface area contributed by atoms with Crippen LogP contribution in [0.25, 0.3) is 0 Å². The van der Waals surface area contributed by atoms with Gasteiger partial charge in [-0.1, -0.05) is 12.1 Å². The molecule has 1 fully saturated rings. The lowest BCUT2D eigenvalue weighted by molar-refractivity contribution is -0.384. The summed E-state index contributed by atoms with van der Waals surface area (Å²) >= 11 is 0. The molecule has 0 radical (unpaired) electrons. The number of hydrogen-bond donors (Lipinski definition) is 1. The topological polar surface area (TPSA) is 89.5 Å². The summed E-state index contributed by atoms with van der Waals surface area (Å²) < 4.78 is 0. The zero-order valence-electron chi connectivity index (χ0n) is 13.3. The van der Waals surface area contributed by atoms with Crippen LogP contribution in [0.15, 0.2) is 24.3 Å². The van der Waals surface area contributed by atoms with Crippen molar-refractivity contribution in [3.05, 3.63) is 39.9 Å². The second-order valence-corrected chi connectivity index (χ2v) is 6.57. The molecule has 0 aromatic heterocycles. The van der Waals surface area contributed by atoms with Crippen LogP contribution in [0.5, 0.6) is 0 Å². The Morgan fingerprint density at radius 2 is 2.00 bits per heavy atom. The van der Waals surface area contributed by atoms with Crippen LogP contribution in [0.1, 0.15) is 32.8 Å². The Balaban J connectivity index is 2.22. The number of amides is 1. The fourth-order valence-electron chi connectivity index (χ4n) is 3.08. The molecule has 1 aliphatic rings. The third kappa shape index (κ3) is 2.97. The molecule has 6 nitrogen and oxygen atoms in total. The van der Waals surface area contributed by atoms with E-state index >= 15 is 0 Å². The Hall–Kier alpha value is -1.95. The summed E-state index contributed by atoms with van der Waals surface area (Å²) in [4.78, 5) is 25.1. The molecule has 2 atom stereocenters. The van der Waals surface area contributed by atoms with Crippen molar-refractivity contribution in [3.63, 3.8) is 0 Å². The van der Waals surface area contributed by atoms with Gasteiger partial charge in [0.2, 0.25) is 5.91 Å². The highest BCUT2D eigenvalue weighted by atomic mass is 16.6. The molecule has 0 aliphatic carbocycles. The maximum atomic E-state index is 12.9. The molecule has 1 aromatic carbocycles. The molecule has 1 aromatic rings. The Labute approximate surface area is 130 Å². The van der Waals surface area contributed by atoms with Gasteiger partial charge in [0.1, 0.15) is 0 Å². The van der Waals surface area contributed by atoms with Crippen molar-refractivity contribution in [3.8, 4) is 0 Å². The van der Waals surface area contributed by atoms with Gasteiger partial charge >= 0.3 is 0 Å². The van der Waals surface area contributed by atoms with E-state index in [2.05, 4.69) is 0 Å². The minimum atomic E-state index is -0.715. The van der Waals surface area contributed by atoms with E-state index in [0.29, 0.717) is 19.0 Å². The van der Waals surface area contributed by atoms with Crippen LogP contribution in [-0.4, -0.2) is 34.9 Å². The Kier molecular flexibility index (Phi) is 4.51. The molecule has 2 rings (SSSR count). The zero-order chi connectivity index (χ0) is 16.5. The Morgan fingerprint density at radius 3 is 2.45 bits per heavy atom. The monoisotopic (exact) mass is 305 g/mol. The molecule has 2 N–H and O–H groups in total. The normalized spacial score (nSPS) is 21.9. The maximum absolute atomic E-state index is 12.9. The van der Waals surface area contributed by atoms with E-state index in [1.165, 1.54) is 12.1 Å². The highest BCUT2D eigenvalue weighted by molar-refractivity contribution is 5.88. The van der Waals surface area contributed by atoms with Crippen molar-refractivity contribution < 1.29 is 9.72 Å². The van der Waals surface area contributed by atoms with Crippen LogP contribution in [0, 0.1) is 16.0 Å². The average molecular weight is 305 g/mol. The number of nitro groups is 1. The molecule has 1 aliphatic heterocycles. The first-order chi connectivity index (χ1) is 10.3. The number of benzene rings is 1. The SMILES string of the molecule is CC1CC(CN)CN1C(=O)C(C)(C)c1ccc([N+](=O)[O-])cc1. The fourth-order valence-corrected chi connectivity index (χ4v) is 3.08. The molecule has 0 saturated carbocycles. The minimum absolute atomic E-state index is 0.0322. The molecule has 120 valence electrons. The van der Waals surface area contributed by atoms with Crippen molar-refractivity contribution in [2.24, 2.45) is 11.7 Å². The predicted molar refractivity (Wildman–Crippen MR) is 84.5 cm³/mol. The largest absolute Gasteiger partial charge is 0.339 e. The Morgan fingerprint density at radius 1 is 1.41 bits per heavy atom. The molecule has 0 bridgehead atoms. The molecule has 2 unspecified atom stereocenters. The van der Waals surface area contributed by atoms with Gasteiger partial charge in [-0.3, -0.25) is 14.9 Å². The van der Waals surface area contributed by atoms with E-state index in [1.54, 1.807) is 12.1 Å². The van der Waals surface area contributed by atoms with Crippen molar-refractivity contribution in [1.82, 2.24) is 4.90 Å². The number of carbonyl (C=O) groups is 1. The summed E-state index contributed by atoms with van der Waals surface area (Å²) in [6.45, 7) is 7.04. The van der Waals surface area contributed by atoms with Gasteiger partial charge < -0.3 is 10.6 Å².